The van der Waals surface area contributed by atoms with Crippen LogP contribution in [-0.2, 0) is 16.1 Å². The molecule has 1 aliphatic heterocycles. The fraction of sp³-hybridized carbons (Fsp3) is 0.615. The van der Waals surface area contributed by atoms with Crippen molar-refractivity contribution in [1.29, 1.82) is 0 Å². The highest BCUT2D eigenvalue weighted by Gasteiger charge is 2.38. The number of hydrogen-bond donors (Lipinski definition) is 2. The van der Waals surface area contributed by atoms with Crippen molar-refractivity contribution in [2.45, 2.75) is 26.3 Å². The van der Waals surface area contributed by atoms with Gasteiger partial charge in [-0.1, -0.05) is 0 Å². The lowest BCUT2D eigenvalue weighted by Gasteiger charge is -2.34. The highest BCUT2D eigenvalue weighted by molar-refractivity contribution is 7.11. The maximum atomic E-state index is 12.3. The summed E-state index contributed by atoms with van der Waals surface area (Å²) in [5.41, 5.74) is 5.37. The Kier molecular flexibility index (Phi) is 4.37. The number of ether oxygens (including phenoxy) is 1. The van der Waals surface area contributed by atoms with Crippen LogP contribution >= 0.6 is 11.3 Å². The molecule has 100 valence electrons. The fourth-order valence-electron chi connectivity index (χ4n) is 2.22. The number of nitrogens with one attached hydrogen (secondary N) is 1. The minimum Gasteiger partial charge on any atom is -0.381 e. The Labute approximate surface area is 112 Å². The smallest absolute Gasteiger partial charge is 0.227 e. The number of amides is 1. The number of rotatable bonds is 4. The van der Waals surface area contributed by atoms with Crippen LogP contribution in [0.1, 0.15) is 22.6 Å². The zero-order chi connectivity index (χ0) is 13.0. The molecule has 0 saturated carbocycles. The van der Waals surface area contributed by atoms with E-state index in [4.69, 9.17) is 10.5 Å². The van der Waals surface area contributed by atoms with Gasteiger partial charge in [0.15, 0.2) is 0 Å². The van der Waals surface area contributed by atoms with Gasteiger partial charge in [0, 0.05) is 29.5 Å². The van der Waals surface area contributed by atoms with Gasteiger partial charge in [-0.3, -0.25) is 4.79 Å². The van der Waals surface area contributed by atoms with Gasteiger partial charge in [0.25, 0.3) is 0 Å². The van der Waals surface area contributed by atoms with E-state index in [9.17, 15) is 4.79 Å². The van der Waals surface area contributed by atoms with E-state index in [1.165, 1.54) is 9.75 Å². The SMILES string of the molecule is Cc1ccc(CNC(=O)C2(CN)CCOCC2)s1. The van der Waals surface area contributed by atoms with E-state index in [1.807, 2.05) is 0 Å². The summed E-state index contributed by atoms with van der Waals surface area (Å²) in [5.74, 6) is 0.0688. The van der Waals surface area contributed by atoms with Crippen molar-refractivity contribution in [2.24, 2.45) is 11.1 Å². The van der Waals surface area contributed by atoms with Crippen molar-refractivity contribution in [1.82, 2.24) is 5.32 Å². The predicted molar refractivity (Wildman–Crippen MR) is 72.4 cm³/mol. The van der Waals surface area contributed by atoms with Crippen molar-refractivity contribution in [2.75, 3.05) is 19.8 Å². The van der Waals surface area contributed by atoms with Crippen molar-refractivity contribution in [3.63, 3.8) is 0 Å². The van der Waals surface area contributed by atoms with E-state index in [1.54, 1.807) is 11.3 Å². The van der Waals surface area contributed by atoms with Crippen molar-refractivity contribution < 1.29 is 9.53 Å². The zero-order valence-corrected chi connectivity index (χ0v) is 11.5. The molecule has 0 atom stereocenters. The van der Waals surface area contributed by atoms with Crippen LogP contribution < -0.4 is 11.1 Å². The molecule has 0 aliphatic carbocycles. The number of hydrogen-bond acceptors (Lipinski definition) is 4. The predicted octanol–water partition coefficient (Wildman–Crippen LogP) is 1.43. The summed E-state index contributed by atoms with van der Waals surface area (Å²) in [6.45, 7) is 4.31. The molecular formula is C13H20N2O2S. The molecule has 1 saturated heterocycles. The van der Waals surface area contributed by atoms with E-state index in [0.29, 0.717) is 26.3 Å². The average Bonchev–Trinajstić information content (AvgIpc) is 2.82. The normalized spacial score (nSPS) is 18.6. The minimum absolute atomic E-state index is 0.0688. The Morgan fingerprint density at radius 3 is 2.78 bits per heavy atom. The first-order chi connectivity index (χ1) is 8.66. The molecular weight excluding hydrogens is 248 g/mol. The summed E-state index contributed by atoms with van der Waals surface area (Å²) in [7, 11) is 0. The molecule has 0 radical (unpaired) electrons. The summed E-state index contributed by atoms with van der Waals surface area (Å²) in [5, 5.41) is 3.01. The maximum absolute atomic E-state index is 12.3. The van der Waals surface area contributed by atoms with E-state index >= 15 is 0 Å². The van der Waals surface area contributed by atoms with Crippen molar-refractivity contribution >= 4 is 17.2 Å². The van der Waals surface area contributed by atoms with Gasteiger partial charge in [0.05, 0.1) is 12.0 Å². The third-order valence-electron chi connectivity index (χ3n) is 3.54. The topological polar surface area (TPSA) is 64.4 Å². The van der Waals surface area contributed by atoms with Gasteiger partial charge in [-0.25, -0.2) is 0 Å². The molecule has 0 bridgehead atoms. The first-order valence-corrected chi connectivity index (χ1v) is 7.09. The molecule has 4 nitrogen and oxygen atoms in total. The molecule has 1 fully saturated rings. The second kappa shape index (κ2) is 5.82. The molecule has 0 spiro atoms. The van der Waals surface area contributed by atoms with Gasteiger partial charge >= 0.3 is 0 Å². The van der Waals surface area contributed by atoms with E-state index in [0.717, 1.165) is 12.8 Å². The molecule has 18 heavy (non-hydrogen) atoms. The average molecular weight is 268 g/mol. The molecule has 1 aromatic heterocycles. The summed E-state index contributed by atoms with van der Waals surface area (Å²) in [6, 6.07) is 4.12. The second-order valence-corrected chi connectivity index (χ2v) is 6.16. The van der Waals surface area contributed by atoms with Crippen LogP contribution in [0.2, 0.25) is 0 Å². The van der Waals surface area contributed by atoms with Gasteiger partial charge in [-0.15, -0.1) is 11.3 Å². The third kappa shape index (κ3) is 2.91. The molecule has 2 rings (SSSR count). The van der Waals surface area contributed by atoms with Crippen LogP contribution in [0.3, 0.4) is 0 Å². The summed E-state index contributed by atoms with van der Waals surface area (Å²) in [4.78, 5) is 14.7. The van der Waals surface area contributed by atoms with Gasteiger partial charge in [-0.05, 0) is 31.9 Å². The van der Waals surface area contributed by atoms with Crippen LogP contribution in [0.25, 0.3) is 0 Å². The van der Waals surface area contributed by atoms with Gasteiger partial charge < -0.3 is 15.8 Å². The molecule has 2 heterocycles. The summed E-state index contributed by atoms with van der Waals surface area (Å²) < 4.78 is 5.31. The Morgan fingerprint density at radius 1 is 1.50 bits per heavy atom. The lowest BCUT2D eigenvalue weighted by molar-refractivity contribution is -0.136. The standard InChI is InChI=1S/C13H20N2O2S/c1-10-2-3-11(18-10)8-15-12(16)13(9-14)4-6-17-7-5-13/h2-3H,4-9,14H2,1H3,(H,15,16). The Morgan fingerprint density at radius 2 is 2.22 bits per heavy atom. The number of aryl methyl sites for hydroxylation is 1. The first-order valence-electron chi connectivity index (χ1n) is 6.28. The Hall–Kier alpha value is -0.910. The fourth-order valence-corrected chi connectivity index (χ4v) is 3.05. The monoisotopic (exact) mass is 268 g/mol. The largest absolute Gasteiger partial charge is 0.381 e. The molecule has 1 aromatic rings. The molecule has 5 heteroatoms. The third-order valence-corrected chi connectivity index (χ3v) is 4.54. The first kappa shape index (κ1) is 13.5. The highest BCUT2D eigenvalue weighted by atomic mass is 32.1. The van der Waals surface area contributed by atoms with Gasteiger partial charge in [-0.2, -0.15) is 0 Å². The number of carbonyl (C=O) groups excluding carboxylic acids is 1. The van der Waals surface area contributed by atoms with E-state index < -0.39 is 5.41 Å². The van der Waals surface area contributed by atoms with E-state index in [-0.39, 0.29) is 5.91 Å². The molecule has 0 unspecified atom stereocenters. The van der Waals surface area contributed by atoms with Gasteiger partial charge in [0.1, 0.15) is 0 Å². The lowest BCUT2D eigenvalue weighted by Crippen LogP contribution is -2.48. The zero-order valence-electron chi connectivity index (χ0n) is 10.7. The Balaban J connectivity index is 1.93. The van der Waals surface area contributed by atoms with Crippen LogP contribution in [-0.4, -0.2) is 25.7 Å². The highest BCUT2D eigenvalue weighted by Crippen LogP contribution is 2.29. The van der Waals surface area contributed by atoms with E-state index in [2.05, 4.69) is 24.4 Å². The summed E-state index contributed by atoms with van der Waals surface area (Å²) >= 11 is 1.71. The molecule has 3 N–H and O–H groups in total. The van der Waals surface area contributed by atoms with Crippen molar-refractivity contribution in [3.05, 3.63) is 21.9 Å². The number of nitrogens with two attached hydrogens (primary N) is 1. The minimum atomic E-state index is -0.426. The van der Waals surface area contributed by atoms with Gasteiger partial charge in [0.2, 0.25) is 5.91 Å². The van der Waals surface area contributed by atoms with Crippen LogP contribution in [0.5, 0.6) is 0 Å². The Bertz CT molecular complexity index is 411. The van der Waals surface area contributed by atoms with Crippen LogP contribution in [0, 0.1) is 12.3 Å². The van der Waals surface area contributed by atoms with Crippen molar-refractivity contribution in [3.8, 4) is 0 Å². The maximum Gasteiger partial charge on any atom is 0.227 e. The molecule has 1 amide bonds. The lowest BCUT2D eigenvalue weighted by atomic mass is 9.79. The van der Waals surface area contributed by atoms with Crippen LogP contribution in [0.4, 0.5) is 0 Å². The number of thiophene rings is 1. The second-order valence-electron chi connectivity index (χ2n) is 4.79. The summed E-state index contributed by atoms with van der Waals surface area (Å²) in [6.07, 6.45) is 1.44. The number of carbonyl (C=O) groups is 1. The van der Waals surface area contributed by atoms with Crippen LogP contribution in [0.15, 0.2) is 12.1 Å². The molecule has 1 aliphatic rings. The quantitative estimate of drug-likeness (QED) is 0.868. The molecule has 0 aromatic carbocycles.